The molecule has 0 radical (unpaired) electrons. The number of nitrogens with zero attached hydrogens (tertiary/aromatic N) is 4. The van der Waals surface area contributed by atoms with E-state index in [9.17, 15) is 0 Å². The summed E-state index contributed by atoms with van der Waals surface area (Å²) in [5.41, 5.74) is 7.92. The van der Waals surface area contributed by atoms with Gasteiger partial charge < -0.3 is 10.5 Å². The van der Waals surface area contributed by atoms with E-state index in [1.165, 1.54) is 6.42 Å². The Morgan fingerprint density at radius 1 is 1.43 bits per heavy atom. The molecule has 0 saturated heterocycles. The number of anilines is 1. The van der Waals surface area contributed by atoms with Gasteiger partial charge in [0, 0.05) is 12.2 Å². The van der Waals surface area contributed by atoms with Crippen LogP contribution in [0.15, 0.2) is 18.2 Å². The van der Waals surface area contributed by atoms with Crippen molar-refractivity contribution < 1.29 is 4.74 Å². The molecule has 0 aliphatic heterocycles. The summed E-state index contributed by atoms with van der Waals surface area (Å²) in [5, 5.41) is 12.1. The van der Waals surface area contributed by atoms with Crippen LogP contribution >= 0.6 is 0 Å². The van der Waals surface area contributed by atoms with Gasteiger partial charge in [-0.1, -0.05) is 19.9 Å². The molecule has 1 atom stereocenters. The molecule has 112 valence electrons. The third kappa shape index (κ3) is 2.57. The average molecular weight is 287 g/mol. The fourth-order valence-corrected chi connectivity index (χ4v) is 2.67. The van der Waals surface area contributed by atoms with E-state index in [1.54, 1.807) is 0 Å². The predicted molar refractivity (Wildman–Crippen MR) is 80.7 cm³/mol. The van der Waals surface area contributed by atoms with E-state index >= 15 is 0 Å². The number of aromatic nitrogens is 4. The molecule has 0 spiro atoms. The number of ether oxygens (including phenoxy) is 1. The van der Waals surface area contributed by atoms with Gasteiger partial charge in [0.25, 0.3) is 0 Å². The summed E-state index contributed by atoms with van der Waals surface area (Å²) in [6.07, 6.45) is 1.20. The SMILES string of the molecule is CCOc1cccc(N)c1-c1nnnn1CC1CC1(C)C. The molecule has 6 heteroatoms. The molecule has 1 aliphatic carbocycles. The highest BCUT2D eigenvalue weighted by atomic mass is 16.5. The lowest BCUT2D eigenvalue weighted by atomic mass is 10.1. The van der Waals surface area contributed by atoms with Crippen LogP contribution in [-0.2, 0) is 6.54 Å². The Labute approximate surface area is 124 Å². The van der Waals surface area contributed by atoms with Crippen LogP contribution in [0.3, 0.4) is 0 Å². The highest BCUT2D eigenvalue weighted by Crippen LogP contribution is 2.52. The second-order valence-corrected chi connectivity index (χ2v) is 6.23. The van der Waals surface area contributed by atoms with Crippen LogP contribution in [0.5, 0.6) is 5.75 Å². The summed E-state index contributed by atoms with van der Waals surface area (Å²) in [6, 6.07) is 5.62. The Balaban J connectivity index is 1.96. The first-order valence-corrected chi connectivity index (χ1v) is 7.30. The van der Waals surface area contributed by atoms with Crippen LogP contribution in [0.2, 0.25) is 0 Å². The summed E-state index contributed by atoms with van der Waals surface area (Å²) in [7, 11) is 0. The van der Waals surface area contributed by atoms with Gasteiger partial charge in [-0.25, -0.2) is 4.68 Å². The van der Waals surface area contributed by atoms with Gasteiger partial charge in [-0.2, -0.15) is 0 Å². The highest BCUT2D eigenvalue weighted by molar-refractivity contribution is 5.77. The van der Waals surface area contributed by atoms with E-state index < -0.39 is 0 Å². The normalized spacial score (nSPS) is 19.5. The summed E-state index contributed by atoms with van der Waals surface area (Å²) < 4.78 is 7.51. The molecule has 1 unspecified atom stereocenters. The smallest absolute Gasteiger partial charge is 0.187 e. The standard InChI is InChI=1S/C15H21N5O/c1-4-21-12-7-5-6-11(16)13(12)14-17-18-19-20(14)9-10-8-15(10,2)3/h5-7,10H,4,8-9,16H2,1-3H3. The Kier molecular flexibility index (Phi) is 3.31. The Hall–Kier alpha value is -2.11. The van der Waals surface area contributed by atoms with E-state index in [2.05, 4.69) is 29.4 Å². The zero-order chi connectivity index (χ0) is 15.0. The fourth-order valence-electron chi connectivity index (χ4n) is 2.67. The maximum atomic E-state index is 6.12. The summed E-state index contributed by atoms with van der Waals surface area (Å²) >= 11 is 0. The molecule has 3 rings (SSSR count). The van der Waals surface area contributed by atoms with Gasteiger partial charge in [-0.05, 0) is 47.2 Å². The first kappa shape index (κ1) is 13.9. The molecular weight excluding hydrogens is 266 g/mol. The fraction of sp³-hybridized carbons (Fsp3) is 0.533. The van der Waals surface area contributed by atoms with Crippen molar-refractivity contribution in [3.05, 3.63) is 18.2 Å². The van der Waals surface area contributed by atoms with E-state index in [1.807, 2.05) is 29.8 Å². The van der Waals surface area contributed by atoms with Crippen LogP contribution < -0.4 is 10.5 Å². The lowest BCUT2D eigenvalue weighted by Gasteiger charge is -2.12. The van der Waals surface area contributed by atoms with Gasteiger partial charge in [-0.15, -0.1) is 5.10 Å². The summed E-state index contributed by atoms with van der Waals surface area (Å²) in [6.45, 7) is 7.87. The molecule has 0 amide bonds. The number of nitrogen functional groups attached to an aromatic ring is 1. The minimum Gasteiger partial charge on any atom is -0.493 e. The number of rotatable bonds is 5. The van der Waals surface area contributed by atoms with Crippen molar-refractivity contribution in [1.29, 1.82) is 0 Å². The van der Waals surface area contributed by atoms with Gasteiger partial charge >= 0.3 is 0 Å². The molecule has 1 heterocycles. The zero-order valence-electron chi connectivity index (χ0n) is 12.7. The Bertz CT molecular complexity index is 649. The van der Waals surface area contributed by atoms with Crippen molar-refractivity contribution in [3.63, 3.8) is 0 Å². The molecule has 21 heavy (non-hydrogen) atoms. The van der Waals surface area contributed by atoms with Crippen LogP contribution in [0.1, 0.15) is 27.2 Å². The maximum absolute atomic E-state index is 6.12. The minimum atomic E-state index is 0.383. The molecular formula is C15H21N5O. The Morgan fingerprint density at radius 2 is 2.19 bits per heavy atom. The maximum Gasteiger partial charge on any atom is 0.187 e. The zero-order valence-corrected chi connectivity index (χ0v) is 12.7. The van der Waals surface area contributed by atoms with Crippen molar-refractivity contribution in [3.8, 4) is 17.1 Å². The molecule has 2 aromatic rings. The first-order valence-electron chi connectivity index (χ1n) is 7.30. The number of benzene rings is 1. The summed E-state index contributed by atoms with van der Waals surface area (Å²) in [5.74, 6) is 2.02. The van der Waals surface area contributed by atoms with E-state index in [0.29, 0.717) is 29.5 Å². The van der Waals surface area contributed by atoms with Crippen LogP contribution in [-0.4, -0.2) is 26.8 Å². The molecule has 0 bridgehead atoms. The molecule has 6 nitrogen and oxygen atoms in total. The number of hydrogen-bond acceptors (Lipinski definition) is 5. The first-order chi connectivity index (χ1) is 10.0. The third-order valence-electron chi connectivity index (χ3n) is 4.22. The number of tetrazole rings is 1. The quantitative estimate of drug-likeness (QED) is 0.854. The van der Waals surface area contributed by atoms with Crippen molar-refractivity contribution in [2.45, 2.75) is 33.7 Å². The monoisotopic (exact) mass is 287 g/mol. The number of hydrogen-bond donors (Lipinski definition) is 1. The number of nitrogens with two attached hydrogens (primary N) is 1. The van der Waals surface area contributed by atoms with Gasteiger partial charge in [0.2, 0.25) is 0 Å². The Morgan fingerprint density at radius 3 is 2.86 bits per heavy atom. The van der Waals surface area contributed by atoms with Crippen molar-refractivity contribution in [1.82, 2.24) is 20.2 Å². The van der Waals surface area contributed by atoms with E-state index in [4.69, 9.17) is 10.5 Å². The van der Waals surface area contributed by atoms with Crippen LogP contribution in [0.4, 0.5) is 5.69 Å². The van der Waals surface area contributed by atoms with E-state index in [0.717, 1.165) is 17.9 Å². The average Bonchev–Trinajstić information content (AvgIpc) is 2.83. The molecule has 1 aromatic heterocycles. The van der Waals surface area contributed by atoms with Gasteiger partial charge in [0.05, 0.1) is 12.2 Å². The van der Waals surface area contributed by atoms with Crippen molar-refractivity contribution in [2.24, 2.45) is 11.3 Å². The molecule has 1 aromatic carbocycles. The largest absolute Gasteiger partial charge is 0.493 e. The van der Waals surface area contributed by atoms with Crippen LogP contribution in [0.25, 0.3) is 11.4 Å². The van der Waals surface area contributed by atoms with E-state index in [-0.39, 0.29) is 0 Å². The predicted octanol–water partition coefficient (Wildman–Crippen LogP) is 2.37. The second-order valence-electron chi connectivity index (χ2n) is 6.23. The van der Waals surface area contributed by atoms with Gasteiger partial charge in [0.1, 0.15) is 5.75 Å². The molecule has 2 N–H and O–H groups in total. The summed E-state index contributed by atoms with van der Waals surface area (Å²) in [4.78, 5) is 0. The lowest BCUT2D eigenvalue weighted by molar-refractivity contribution is 0.341. The molecule has 1 aliphatic rings. The van der Waals surface area contributed by atoms with Gasteiger partial charge in [0.15, 0.2) is 5.82 Å². The topological polar surface area (TPSA) is 78.8 Å². The van der Waals surface area contributed by atoms with Crippen molar-refractivity contribution in [2.75, 3.05) is 12.3 Å². The lowest BCUT2D eigenvalue weighted by Crippen LogP contribution is -2.09. The highest BCUT2D eigenvalue weighted by Gasteiger charge is 2.46. The van der Waals surface area contributed by atoms with Gasteiger partial charge in [-0.3, -0.25) is 0 Å². The van der Waals surface area contributed by atoms with Crippen LogP contribution in [0, 0.1) is 11.3 Å². The second kappa shape index (κ2) is 5.02. The minimum absolute atomic E-state index is 0.383. The molecule has 1 fully saturated rings. The third-order valence-corrected chi connectivity index (χ3v) is 4.22. The molecule has 1 saturated carbocycles. The van der Waals surface area contributed by atoms with Crippen molar-refractivity contribution >= 4 is 5.69 Å².